The van der Waals surface area contributed by atoms with Crippen LogP contribution in [0.1, 0.15) is 29.5 Å². The number of rotatable bonds is 6. The van der Waals surface area contributed by atoms with Gasteiger partial charge in [-0.1, -0.05) is 18.2 Å². The molecule has 0 unspecified atom stereocenters. The van der Waals surface area contributed by atoms with E-state index in [1.807, 2.05) is 25.1 Å². The molecular weight excluding hydrogens is 220 g/mol. The fourth-order valence-electron chi connectivity index (χ4n) is 1.76. The minimum Gasteiger partial charge on any atom is -0.481 e. The first-order valence-corrected chi connectivity index (χ1v) is 5.51. The van der Waals surface area contributed by atoms with E-state index in [9.17, 15) is 9.59 Å². The Bertz CT molecular complexity index is 387. The third-order valence-corrected chi connectivity index (χ3v) is 2.77. The third-order valence-electron chi connectivity index (χ3n) is 2.77. The minimum absolute atomic E-state index is 0.100. The smallest absolute Gasteiger partial charge is 0.303 e. The van der Waals surface area contributed by atoms with E-state index in [-0.39, 0.29) is 12.8 Å². The maximum Gasteiger partial charge on any atom is 0.303 e. The second kappa shape index (κ2) is 6.03. The second-order valence-electron chi connectivity index (χ2n) is 3.99. The number of carboxylic acid groups (broad SMARTS) is 2. The lowest BCUT2D eigenvalue weighted by Crippen LogP contribution is -2.03. The van der Waals surface area contributed by atoms with E-state index < -0.39 is 11.9 Å². The molecule has 0 spiro atoms. The molecule has 4 heteroatoms. The normalized spacial score (nSPS) is 10.2. The van der Waals surface area contributed by atoms with Crippen molar-refractivity contribution < 1.29 is 19.8 Å². The van der Waals surface area contributed by atoms with Crippen molar-refractivity contribution in [3.8, 4) is 0 Å². The van der Waals surface area contributed by atoms with Crippen LogP contribution in [0, 0.1) is 6.92 Å². The number of hydrogen-bond acceptors (Lipinski definition) is 2. The topological polar surface area (TPSA) is 74.6 Å². The third kappa shape index (κ3) is 4.26. The summed E-state index contributed by atoms with van der Waals surface area (Å²) in [6, 6.07) is 5.63. The summed E-state index contributed by atoms with van der Waals surface area (Å²) in [6.07, 6.45) is 1.18. The van der Waals surface area contributed by atoms with Crippen LogP contribution in [0.3, 0.4) is 0 Å². The Morgan fingerprint density at radius 1 is 1.00 bits per heavy atom. The first-order chi connectivity index (χ1) is 8.00. The van der Waals surface area contributed by atoms with Gasteiger partial charge in [0.05, 0.1) is 0 Å². The highest BCUT2D eigenvalue weighted by Crippen LogP contribution is 2.17. The molecule has 0 bridgehead atoms. The summed E-state index contributed by atoms with van der Waals surface area (Å²) < 4.78 is 0. The van der Waals surface area contributed by atoms with E-state index in [0.29, 0.717) is 12.8 Å². The maximum absolute atomic E-state index is 10.5. The highest BCUT2D eigenvalue weighted by atomic mass is 16.4. The molecule has 0 saturated carbocycles. The van der Waals surface area contributed by atoms with Crippen molar-refractivity contribution in [2.24, 2.45) is 0 Å². The van der Waals surface area contributed by atoms with Gasteiger partial charge in [0.2, 0.25) is 0 Å². The molecule has 0 amide bonds. The van der Waals surface area contributed by atoms with Gasteiger partial charge in [0.1, 0.15) is 0 Å². The Hall–Kier alpha value is -1.84. The Labute approximate surface area is 99.9 Å². The number of carbonyl (C=O) groups is 2. The molecule has 0 saturated heterocycles. The van der Waals surface area contributed by atoms with E-state index in [1.165, 1.54) is 0 Å². The summed E-state index contributed by atoms with van der Waals surface area (Å²) >= 11 is 0. The van der Waals surface area contributed by atoms with Crippen LogP contribution in [0.4, 0.5) is 0 Å². The molecule has 0 aromatic heterocycles. The van der Waals surface area contributed by atoms with Gasteiger partial charge >= 0.3 is 11.9 Å². The molecule has 1 aromatic carbocycles. The summed E-state index contributed by atoms with van der Waals surface area (Å²) in [5.74, 6) is -1.64. The zero-order valence-corrected chi connectivity index (χ0v) is 9.77. The fraction of sp³-hybridized carbons (Fsp3) is 0.385. The number of hydrogen-bond donors (Lipinski definition) is 2. The Morgan fingerprint density at radius 2 is 1.41 bits per heavy atom. The van der Waals surface area contributed by atoms with Gasteiger partial charge in [0.25, 0.3) is 0 Å². The van der Waals surface area contributed by atoms with Crippen LogP contribution >= 0.6 is 0 Å². The Morgan fingerprint density at radius 3 is 1.76 bits per heavy atom. The summed E-state index contributed by atoms with van der Waals surface area (Å²) in [6.45, 7) is 1.91. The highest BCUT2D eigenvalue weighted by molar-refractivity contribution is 5.67. The molecule has 1 rings (SSSR count). The zero-order valence-electron chi connectivity index (χ0n) is 9.77. The van der Waals surface area contributed by atoms with Crippen molar-refractivity contribution in [2.45, 2.75) is 32.6 Å². The number of carboxylic acids is 2. The average Bonchev–Trinajstić information content (AvgIpc) is 2.25. The predicted molar refractivity (Wildman–Crippen MR) is 63.1 cm³/mol. The molecule has 0 heterocycles. The van der Waals surface area contributed by atoms with E-state index in [1.54, 1.807) is 0 Å². The predicted octanol–water partition coefficient (Wildman–Crippen LogP) is 2.03. The lowest BCUT2D eigenvalue weighted by Gasteiger charge is -2.09. The van der Waals surface area contributed by atoms with Crippen LogP contribution in [-0.4, -0.2) is 22.2 Å². The first-order valence-electron chi connectivity index (χ1n) is 5.51. The quantitative estimate of drug-likeness (QED) is 0.792. The van der Waals surface area contributed by atoms with Crippen LogP contribution < -0.4 is 0 Å². The van der Waals surface area contributed by atoms with Crippen molar-refractivity contribution >= 4 is 11.9 Å². The summed E-state index contributed by atoms with van der Waals surface area (Å²) in [7, 11) is 0. The van der Waals surface area contributed by atoms with Crippen molar-refractivity contribution in [3.63, 3.8) is 0 Å². The molecule has 0 aliphatic rings. The number of aryl methyl sites for hydroxylation is 2. The van der Waals surface area contributed by atoms with Gasteiger partial charge in [-0.05, 0) is 36.5 Å². The molecule has 17 heavy (non-hydrogen) atoms. The van der Waals surface area contributed by atoms with Gasteiger partial charge in [-0.2, -0.15) is 0 Å². The first kappa shape index (κ1) is 13.2. The van der Waals surface area contributed by atoms with Gasteiger partial charge < -0.3 is 10.2 Å². The number of aliphatic carboxylic acids is 2. The molecule has 0 aliphatic carbocycles. The van der Waals surface area contributed by atoms with Crippen LogP contribution in [0.5, 0.6) is 0 Å². The molecule has 92 valence electrons. The highest BCUT2D eigenvalue weighted by Gasteiger charge is 2.07. The second-order valence-corrected chi connectivity index (χ2v) is 3.99. The monoisotopic (exact) mass is 236 g/mol. The van der Waals surface area contributed by atoms with Crippen molar-refractivity contribution in [1.82, 2.24) is 0 Å². The molecule has 4 nitrogen and oxygen atoms in total. The minimum atomic E-state index is -0.819. The Kier molecular flexibility index (Phi) is 4.69. The van der Waals surface area contributed by atoms with Crippen molar-refractivity contribution in [2.75, 3.05) is 0 Å². The summed E-state index contributed by atoms with van der Waals surface area (Å²) in [5, 5.41) is 17.3. The van der Waals surface area contributed by atoms with Gasteiger partial charge in [-0.25, -0.2) is 0 Å². The maximum atomic E-state index is 10.5. The number of benzene rings is 1. The molecule has 2 N–H and O–H groups in total. The van der Waals surface area contributed by atoms with E-state index in [4.69, 9.17) is 10.2 Å². The average molecular weight is 236 g/mol. The van der Waals surface area contributed by atoms with Gasteiger partial charge in [-0.3, -0.25) is 9.59 Å². The fourth-order valence-corrected chi connectivity index (χ4v) is 1.76. The lowest BCUT2D eigenvalue weighted by atomic mass is 9.96. The molecular formula is C13H16O4. The summed E-state index contributed by atoms with van der Waals surface area (Å²) in [5.41, 5.74) is 2.97. The van der Waals surface area contributed by atoms with Crippen LogP contribution in [0.15, 0.2) is 18.2 Å². The van der Waals surface area contributed by atoms with E-state index in [2.05, 4.69) is 0 Å². The van der Waals surface area contributed by atoms with Crippen molar-refractivity contribution in [1.29, 1.82) is 0 Å². The summed E-state index contributed by atoms with van der Waals surface area (Å²) in [4.78, 5) is 21.0. The van der Waals surface area contributed by atoms with Crippen molar-refractivity contribution in [3.05, 3.63) is 34.9 Å². The SMILES string of the molecule is Cc1c(CCC(=O)O)cccc1CCC(=O)O. The molecule has 0 radical (unpaired) electrons. The lowest BCUT2D eigenvalue weighted by molar-refractivity contribution is -0.137. The van der Waals surface area contributed by atoms with E-state index in [0.717, 1.165) is 16.7 Å². The Balaban J connectivity index is 2.76. The molecule has 0 fully saturated rings. The molecule has 0 aliphatic heterocycles. The van der Waals surface area contributed by atoms with Crippen LogP contribution in [-0.2, 0) is 22.4 Å². The van der Waals surface area contributed by atoms with Crippen LogP contribution in [0.2, 0.25) is 0 Å². The molecule has 0 atom stereocenters. The van der Waals surface area contributed by atoms with Gasteiger partial charge in [0, 0.05) is 12.8 Å². The van der Waals surface area contributed by atoms with E-state index >= 15 is 0 Å². The largest absolute Gasteiger partial charge is 0.481 e. The zero-order chi connectivity index (χ0) is 12.8. The molecule has 1 aromatic rings. The van der Waals surface area contributed by atoms with Crippen LogP contribution in [0.25, 0.3) is 0 Å². The standard InChI is InChI=1S/C13H16O4/c1-9-10(5-7-12(14)15)3-2-4-11(9)6-8-13(16)17/h2-4H,5-8H2,1H3,(H,14,15)(H,16,17). The van der Waals surface area contributed by atoms with Gasteiger partial charge in [-0.15, -0.1) is 0 Å². The van der Waals surface area contributed by atoms with Gasteiger partial charge in [0.15, 0.2) is 0 Å².